The summed E-state index contributed by atoms with van der Waals surface area (Å²) in [7, 11) is 1.27. The first kappa shape index (κ1) is 13.0. The third kappa shape index (κ3) is 3.17. The molecule has 0 unspecified atom stereocenters. The minimum Gasteiger partial charge on any atom is -0.481 e. The van der Waals surface area contributed by atoms with Gasteiger partial charge in [-0.15, -0.1) is 0 Å². The average Bonchev–Trinajstić information content (AvgIpc) is 2.27. The predicted molar refractivity (Wildman–Crippen MR) is 60.1 cm³/mol. The zero-order valence-electron chi connectivity index (χ0n) is 9.85. The van der Waals surface area contributed by atoms with Crippen LogP contribution in [0, 0.1) is 24.0 Å². The summed E-state index contributed by atoms with van der Waals surface area (Å²) in [5.41, 5.74) is 1.23. The van der Waals surface area contributed by atoms with Crippen LogP contribution >= 0.6 is 0 Å². The monoisotopic (exact) mass is 239 g/mol. The molecule has 0 amide bonds. The van der Waals surface area contributed by atoms with Gasteiger partial charge in [-0.2, -0.15) is 0 Å². The lowest BCUT2D eigenvalue weighted by molar-refractivity contribution is -0.385. The quantitative estimate of drug-likeness (QED) is 0.454. The molecule has 0 heterocycles. The van der Waals surface area contributed by atoms with Gasteiger partial charge >= 0.3 is 5.97 Å². The van der Waals surface area contributed by atoms with Crippen LogP contribution in [0.25, 0.3) is 0 Å². The molecule has 0 saturated heterocycles. The Labute approximate surface area is 98.3 Å². The average molecular weight is 239 g/mol. The smallest absolute Gasteiger partial charge is 0.343 e. The molecule has 0 fully saturated rings. The number of hydrogen-bond acceptors (Lipinski definition) is 5. The van der Waals surface area contributed by atoms with Crippen LogP contribution in [0.5, 0.6) is 5.75 Å². The lowest BCUT2D eigenvalue weighted by Crippen LogP contribution is -2.13. The molecular weight excluding hydrogens is 226 g/mol. The summed E-state index contributed by atoms with van der Waals surface area (Å²) in [4.78, 5) is 21.1. The molecule has 1 rings (SSSR count). The van der Waals surface area contributed by atoms with Crippen molar-refractivity contribution in [2.75, 3.05) is 13.7 Å². The molecule has 0 aliphatic rings. The number of carbonyl (C=O) groups is 1. The van der Waals surface area contributed by atoms with E-state index in [9.17, 15) is 14.9 Å². The van der Waals surface area contributed by atoms with E-state index < -0.39 is 10.9 Å². The molecule has 0 bridgehead atoms. The molecule has 0 atom stereocenters. The molecule has 0 N–H and O–H groups in total. The topological polar surface area (TPSA) is 78.7 Å². The fourth-order valence-electron chi connectivity index (χ4n) is 1.45. The van der Waals surface area contributed by atoms with Crippen molar-refractivity contribution in [1.29, 1.82) is 0 Å². The molecule has 17 heavy (non-hydrogen) atoms. The lowest BCUT2D eigenvalue weighted by atomic mass is 10.1. The predicted octanol–water partition coefficient (Wildman–Crippen LogP) is 1.76. The Hall–Kier alpha value is -2.11. The highest BCUT2D eigenvalue weighted by atomic mass is 16.6. The number of nitro benzene ring substituents is 1. The summed E-state index contributed by atoms with van der Waals surface area (Å²) in [5, 5.41) is 10.6. The van der Waals surface area contributed by atoms with Crippen molar-refractivity contribution < 1.29 is 19.2 Å². The van der Waals surface area contributed by atoms with E-state index in [1.807, 2.05) is 0 Å². The largest absolute Gasteiger partial charge is 0.481 e. The van der Waals surface area contributed by atoms with Gasteiger partial charge in [0.2, 0.25) is 0 Å². The molecule has 0 spiro atoms. The molecule has 0 radical (unpaired) electrons. The Morgan fingerprint density at radius 1 is 1.35 bits per heavy atom. The van der Waals surface area contributed by atoms with Gasteiger partial charge in [-0.1, -0.05) is 0 Å². The minimum atomic E-state index is -0.498. The molecule has 0 aliphatic carbocycles. The zero-order valence-corrected chi connectivity index (χ0v) is 9.85. The van der Waals surface area contributed by atoms with Crippen molar-refractivity contribution in [1.82, 2.24) is 0 Å². The van der Waals surface area contributed by atoms with Crippen molar-refractivity contribution in [2.24, 2.45) is 0 Å². The van der Waals surface area contributed by atoms with Crippen LogP contribution in [0.1, 0.15) is 11.1 Å². The number of benzene rings is 1. The summed E-state index contributed by atoms with van der Waals surface area (Å²) in [5.74, 6) is -0.0249. The summed E-state index contributed by atoms with van der Waals surface area (Å²) >= 11 is 0. The molecule has 0 aromatic heterocycles. The molecule has 92 valence electrons. The van der Waals surface area contributed by atoms with Gasteiger partial charge in [0.05, 0.1) is 12.0 Å². The first-order valence-corrected chi connectivity index (χ1v) is 4.91. The zero-order chi connectivity index (χ0) is 13.0. The van der Waals surface area contributed by atoms with Gasteiger partial charge in [0.15, 0.2) is 6.61 Å². The first-order valence-electron chi connectivity index (χ1n) is 4.91. The van der Waals surface area contributed by atoms with Crippen LogP contribution in [0.3, 0.4) is 0 Å². The highest BCUT2D eigenvalue weighted by Gasteiger charge is 2.14. The third-order valence-corrected chi connectivity index (χ3v) is 2.22. The number of carbonyl (C=O) groups excluding carboxylic acids is 1. The van der Waals surface area contributed by atoms with Gasteiger partial charge in [0.1, 0.15) is 5.75 Å². The second-order valence-corrected chi connectivity index (χ2v) is 3.53. The van der Waals surface area contributed by atoms with E-state index in [0.29, 0.717) is 16.9 Å². The van der Waals surface area contributed by atoms with E-state index in [0.717, 1.165) is 0 Å². The van der Waals surface area contributed by atoms with Crippen molar-refractivity contribution in [3.8, 4) is 5.75 Å². The second-order valence-electron chi connectivity index (χ2n) is 3.53. The van der Waals surface area contributed by atoms with E-state index in [2.05, 4.69) is 4.74 Å². The SMILES string of the molecule is COC(=O)COc1c(C)cc([N+](=O)[O-])cc1C. The molecule has 0 saturated carbocycles. The van der Waals surface area contributed by atoms with Crippen molar-refractivity contribution >= 4 is 11.7 Å². The Bertz CT molecular complexity index is 432. The Morgan fingerprint density at radius 2 is 1.88 bits per heavy atom. The highest BCUT2D eigenvalue weighted by Crippen LogP contribution is 2.28. The Kier molecular flexibility index (Phi) is 4.03. The minimum absolute atomic E-state index is 0.00502. The number of methoxy groups -OCH3 is 1. The molecule has 1 aromatic rings. The van der Waals surface area contributed by atoms with Crippen LogP contribution < -0.4 is 4.74 Å². The number of non-ortho nitro benzene ring substituents is 1. The van der Waals surface area contributed by atoms with Crippen LogP contribution in [0.2, 0.25) is 0 Å². The molecule has 0 aliphatic heterocycles. The van der Waals surface area contributed by atoms with Gasteiger partial charge in [-0.3, -0.25) is 10.1 Å². The van der Waals surface area contributed by atoms with Gasteiger partial charge in [0.25, 0.3) is 5.69 Å². The number of esters is 1. The summed E-state index contributed by atoms with van der Waals surface area (Å²) in [6.45, 7) is 3.16. The molecular formula is C11H13NO5. The fourth-order valence-corrected chi connectivity index (χ4v) is 1.45. The van der Waals surface area contributed by atoms with Crippen LogP contribution in [-0.2, 0) is 9.53 Å². The third-order valence-electron chi connectivity index (χ3n) is 2.22. The van der Waals surface area contributed by atoms with Crippen molar-refractivity contribution in [3.05, 3.63) is 33.4 Å². The van der Waals surface area contributed by atoms with Gasteiger partial charge in [-0.05, 0) is 25.0 Å². The van der Waals surface area contributed by atoms with E-state index in [-0.39, 0.29) is 12.3 Å². The van der Waals surface area contributed by atoms with Gasteiger partial charge < -0.3 is 9.47 Å². The number of nitrogens with zero attached hydrogens (tertiary/aromatic N) is 1. The highest BCUT2D eigenvalue weighted by molar-refractivity contribution is 5.71. The first-order chi connectivity index (χ1) is 7.95. The van der Waals surface area contributed by atoms with Gasteiger partial charge in [-0.25, -0.2) is 4.79 Å². The fraction of sp³-hybridized carbons (Fsp3) is 0.364. The van der Waals surface area contributed by atoms with E-state index >= 15 is 0 Å². The van der Waals surface area contributed by atoms with Crippen LogP contribution in [0.4, 0.5) is 5.69 Å². The number of ether oxygens (including phenoxy) is 2. The van der Waals surface area contributed by atoms with Gasteiger partial charge in [0, 0.05) is 12.1 Å². The van der Waals surface area contributed by atoms with Crippen LogP contribution in [0.15, 0.2) is 12.1 Å². The number of nitro groups is 1. The lowest BCUT2D eigenvalue weighted by Gasteiger charge is -2.10. The van der Waals surface area contributed by atoms with E-state index in [1.165, 1.54) is 19.2 Å². The summed E-state index contributed by atoms with van der Waals surface area (Å²) in [6.07, 6.45) is 0. The maximum atomic E-state index is 10.9. The van der Waals surface area contributed by atoms with E-state index in [1.54, 1.807) is 13.8 Å². The summed E-state index contributed by atoms with van der Waals surface area (Å²) < 4.78 is 9.70. The number of hydrogen-bond donors (Lipinski definition) is 0. The molecule has 1 aromatic carbocycles. The maximum Gasteiger partial charge on any atom is 0.343 e. The molecule has 6 heteroatoms. The standard InChI is InChI=1S/C11H13NO5/c1-7-4-9(12(14)15)5-8(2)11(7)17-6-10(13)16-3/h4-5H,6H2,1-3H3. The van der Waals surface area contributed by atoms with Crippen LogP contribution in [-0.4, -0.2) is 24.6 Å². The molecule has 6 nitrogen and oxygen atoms in total. The Balaban J connectivity index is 2.94. The maximum absolute atomic E-state index is 10.9. The number of aryl methyl sites for hydroxylation is 2. The van der Waals surface area contributed by atoms with E-state index in [4.69, 9.17) is 4.74 Å². The number of rotatable bonds is 4. The van der Waals surface area contributed by atoms with Crippen molar-refractivity contribution in [3.63, 3.8) is 0 Å². The van der Waals surface area contributed by atoms with Crippen molar-refractivity contribution in [2.45, 2.75) is 13.8 Å². The second kappa shape index (κ2) is 5.29. The Morgan fingerprint density at radius 3 is 2.29 bits per heavy atom. The summed E-state index contributed by atoms with van der Waals surface area (Å²) in [6, 6.07) is 2.80. The normalized spacial score (nSPS) is 9.82.